The summed E-state index contributed by atoms with van der Waals surface area (Å²) in [7, 11) is 0. The molecule has 2 aromatic carbocycles. The van der Waals surface area contributed by atoms with Crippen molar-refractivity contribution in [3.8, 4) is 16.9 Å². The summed E-state index contributed by atoms with van der Waals surface area (Å²) in [5.74, 6) is -0.0952. The average Bonchev–Trinajstić information content (AvgIpc) is 3.07. The van der Waals surface area contributed by atoms with Crippen molar-refractivity contribution in [1.82, 2.24) is 5.32 Å². The van der Waals surface area contributed by atoms with Crippen molar-refractivity contribution in [2.45, 2.75) is 60.7 Å². The minimum Gasteiger partial charge on any atom is -0.488 e. The smallest absolute Gasteiger partial charge is 0.137 e. The van der Waals surface area contributed by atoms with Crippen molar-refractivity contribution in [3.05, 3.63) is 46.5 Å². The molecule has 2 aromatic rings. The maximum absolute atomic E-state index is 14.7. The number of hydrogen-bond donors (Lipinski definition) is 1. The van der Waals surface area contributed by atoms with E-state index < -0.39 is 11.6 Å². The van der Waals surface area contributed by atoms with Crippen LogP contribution in [0.5, 0.6) is 5.75 Å². The second-order valence-electron chi connectivity index (χ2n) is 8.27. The molecule has 2 nitrogen and oxygen atoms in total. The van der Waals surface area contributed by atoms with Gasteiger partial charge in [0.2, 0.25) is 0 Å². The highest BCUT2D eigenvalue weighted by Gasteiger charge is 2.38. The quantitative estimate of drug-likeness (QED) is 0.590. The van der Waals surface area contributed by atoms with Gasteiger partial charge in [0.05, 0.1) is 10.5 Å². The van der Waals surface area contributed by atoms with E-state index >= 15 is 0 Å². The van der Waals surface area contributed by atoms with Gasteiger partial charge in [-0.2, -0.15) is 0 Å². The Morgan fingerprint density at radius 2 is 1.76 bits per heavy atom. The van der Waals surface area contributed by atoms with Gasteiger partial charge in [-0.15, -0.1) is 11.8 Å². The van der Waals surface area contributed by atoms with Crippen molar-refractivity contribution in [2.24, 2.45) is 0 Å². The van der Waals surface area contributed by atoms with E-state index in [1.54, 1.807) is 0 Å². The minimum atomic E-state index is -0.624. The summed E-state index contributed by atoms with van der Waals surface area (Å²) in [5.41, 5.74) is 1.64. The van der Waals surface area contributed by atoms with Gasteiger partial charge in [0.1, 0.15) is 23.5 Å². The second-order valence-corrected chi connectivity index (χ2v) is 10.0. The van der Waals surface area contributed by atoms with E-state index in [1.165, 1.54) is 44.2 Å². The largest absolute Gasteiger partial charge is 0.488 e. The van der Waals surface area contributed by atoms with Gasteiger partial charge in [0.15, 0.2) is 0 Å². The highest BCUT2D eigenvalue weighted by Crippen LogP contribution is 2.50. The normalized spacial score (nSPS) is 24.1. The monoisotopic (exact) mass is 435 g/mol. The first-order valence-electron chi connectivity index (χ1n) is 10.5. The molecule has 1 unspecified atom stereocenters. The molecule has 0 radical (unpaired) electrons. The van der Waals surface area contributed by atoms with Crippen LogP contribution in [0.2, 0.25) is 5.02 Å². The fraction of sp³-hybridized carbons (Fsp3) is 0.478. The average molecular weight is 436 g/mol. The zero-order valence-electron chi connectivity index (χ0n) is 16.1. The molecule has 5 rings (SSSR count). The number of hydrogen-bond acceptors (Lipinski definition) is 3. The molecule has 0 amide bonds. The highest BCUT2D eigenvalue weighted by molar-refractivity contribution is 8.00. The van der Waals surface area contributed by atoms with Crippen LogP contribution in [0.15, 0.2) is 29.2 Å². The van der Waals surface area contributed by atoms with E-state index in [9.17, 15) is 8.78 Å². The van der Waals surface area contributed by atoms with Crippen molar-refractivity contribution in [2.75, 3.05) is 13.1 Å². The first-order valence-corrected chi connectivity index (χ1v) is 11.7. The Morgan fingerprint density at radius 3 is 2.52 bits per heavy atom. The molecule has 2 atom stereocenters. The predicted octanol–water partition coefficient (Wildman–Crippen LogP) is 6.55. The first-order chi connectivity index (χ1) is 14.1. The molecule has 0 aromatic heterocycles. The number of halogens is 3. The third kappa shape index (κ3) is 3.77. The lowest BCUT2D eigenvalue weighted by Gasteiger charge is -2.25. The molecular formula is C23H24ClF2NOS. The first kappa shape index (κ1) is 19.7. The van der Waals surface area contributed by atoms with Gasteiger partial charge in [-0.05, 0) is 55.6 Å². The van der Waals surface area contributed by atoms with Crippen LogP contribution in [0, 0.1) is 11.6 Å². The molecule has 2 heterocycles. The Labute approximate surface area is 179 Å². The molecule has 6 heteroatoms. The summed E-state index contributed by atoms with van der Waals surface area (Å²) in [6, 6.07) is 6.21. The summed E-state index contributed by atoms with van der Waals surface area (Å²) >= 11 is 7.67. The fourth-order valence-corrected chi connectivity index (χ4v) is 6.46. The van der Waals surface area contributed by atoms with Crippen LogP contribution in [0.3, 0.4) is 0 Å². The van der Waals surface area contributed by atoms with E-state index in [-0.39, 0.29) is 22.6 Å². The number of benzene rings is 2. The number of thioether (sulfide) groups is 1. The van der Waals surface area contributed by atoms with Crippen LogP contribution in [0.4, 0.5) is 8.78 Å². The van der Waals surface area contributed by atoms with Gasteiger partial charge in [0, 0.05) is 28.3 Å². The molecule has 2 aliphatic heterocycles. The number of ether oxygens (including phenoxy) is 1. The zero-order valence-corrected chi connectivity index (χ0v) is 17.7. The van der Waals surface area contributed by atoms with E-state index in [2.05, 4.69) is 5.32 Å². The van der Waals surface area contributed by atoms with Crippen LogP contribution in [0.25, 0.3) is 11.1 Å². The Balaban J connectivity index is 1.60. The molecule has 1 saturated heterocycles. The third-order valence-corrected chi connectivity index (χ3v) is 7.89. The minimum absolute atomic E-state index is 0.00471. The number of fused-ring (bicyclic) bond motifs is 3. The Hall–Kier alpha value is -1.30. The van der Waals surface area contributed by atoms with E-state index in [1.807, 2.05) is 23.9 Å². The van der Waals surface area contributed by atoms with Gasteiger partial charge in [0.25, 0.3) is 0 Å². The molecule has 29 heavy (non-hydrogen) atoms. The lowest BCUT2D eigenvalue weighted by molar-refractivity contribution is 0.169. The second kappa shape index (κ2) is 8.09. The molecule has 3 aliphatic rings. The van der Waals surface area contributed by atoms with Crippen LogP contribution in [-0.2, 0) is 0 Å². The maximum Gasteiger partial charge on any atom is 0.137 e. The topological polar surface area (TPSA) is 21.3 Å². The van der Waals surface area contributed by atoms with Crippen LogP contribution >= 0.6 is 23.4 Å². The van der Waals surface area contributed by atoms with Crippen molar-refractivity contribution in [3.63, 3.8) is 0 Å². The summed E-state index contributed by atoms with van der Waals surface area (Å²) in [6.07, 6.45) is 7.25. The summed E-state index contributed by atoms with van der Waals surface area (Å²) in [4.78, 5) is 1.02. The summed E-state index contributed by atoms with van der Waals surface area (Å²) in [6.45, 7) is 1.77. The van der Waals surface area contributed by atoms with Crippen LogP contribution < -0.4 is 10.1 Å². The number of nitrogens with one attached hydrogen (secondary N) is 1. The molecule has 0 bridgehead atoms. The molecule has 1 N–H and O–H groups in total. The van der Waals surface area contributed by atoms with Crippen molar-refractivity contribution in [1.29, 1.82) is 0 Å². The van der Waals surface area contributed by atoms with Crippen molar-refractivity contribution < 1.29 is 13.5 Å². The number of rotatable bonds is 3. The van der Waals surface area contributed by atoms with Gasteiger partial charge in [-0.1, -0.05) is 30.9 Å². The SMILES string of the molecule is Fc1cc(Cl)cc(F)c1-c1cc(SC2CCCCC2)c2c(c1)[C@@H]1CNCCC1O2. The molecule has 1 aliphatic carbocycles. The van der Waals surface area contributed by atoms with E-state index in [0.29, 0.717) is 10.8 Å². The third-order valence-electron chi connectivity index (χ3n) is 6.31. The van der Waals surface area contributed by atoms with E-state index in [0.717, 1.165) is 35.7 Å². The Bertz CT molecular complexity index is 908. The maximum atomic E-state index is 14.7. The molecular weight excluding hydrogens is 412 g/mol. The molecule has 0 spiro atoms. The number of piperidine rings is 1. The van der Waals surface area contributed by atoms with Gasteiger partial charge in [-0.3, -0.25) is 0 Å². The van der Waals surface area contributed by atoms with Gasteiger partial charge >= 0.3 is 0 Å². The van der Waals surface area contributed by atoms with Gasteiger partial charge < -0.3 is 10.1 Å². The standard InChI is InChI=1S/C23H24ClF2NOS/c24-14-10-18(25)22(19(26)11-14)13-8-16-17-12-27-7-6-20(17)28-23(16)21(9-13)29-15-4-2-1-3-5-15/h8-11,15,17,20,27H,1-7,12H2/t17-,20?/m0/s1. The lowest BCUT2D eigenvalue weighted by atomic mass is 9.89. The van der Waals surface area contributed by atoms with Crippen LogP contribution in [0.1, 0.15) is 50.0 Å². The van der Waals surface area contributed by atoms with Crippen molar-refractivity contribution >= 4 is 23.4 Å². The predicted molar refractivity (Wildman–Crippen MR) is 114 cm³/mol. The van der Waals surface area contributed by atoms with Gasteiger partial charge in [-0.25, -0.2) is 8.78 Å². The lowest BCUT2D eigenvalue weighted by Crippen LogP contribution is -2.37. The zero-order chi connectivity index (χ0) is 20.0. The highest BCUT2D eigenvalue weighted by atomic mass is 35.5. The molecule has 154 valence electrons. The fourth-order valence-electron chi connectivity index (χ4n) is 4.87. The molecule has 1 saturated carbocycles. The molecule has 2 fully saturated rings. The summed E-state index contributed by atoms with van der Waals surface area (Å²) < 4.78 is 35.8. The van der Waals surface area contributed by atoms with E-state index in [4.69, 9.17) is 16.3 Å². The van der Waals surface area contributed by atoms with Crippen LogP contribution in [-0.4, -0.2) is 24.4 Å². The Kier molecular flexibility index (Phi) is 5.48. The Morgan fingerprint density at radius 1 is 1.00 bits per heavy atom. The summed E-state index contributed by atoms with van der Waals surface area (Å²) in [5, 5.41) is 4.04.